The predicted molar refractivity (Wildman–Crippen MR) is 117 cm³/mol. The molecule has 1 unspecified atom stereocenters. The van der Waals surface area contributed by atoms with Crippen molar-refractivity contribution in [3.63, 3.8) is 0 Å². The smallest absolute Gasteiger partial charge is 0.229 e. The Morgan fingerprint density at radius 1 is 0.964 bits per heavy atom. The third-order valence-electron chi connectivity index (χ3n) is 5.81. The molecule has 0 aliphatic carbocycles. The van der Waals surface area contributed by atoms with Gasteiger partial charge in [-0.25, -0.2) is 4.98 Å². The molecule has 3 heterocycles. The summed E-state index contributed by atoms with van der Waals surface area (Å²) in [5.41, 5.74) is 3.31. The maximum Gasteiger partial charge on any atom is 0.229 e. The van der Waals surface area contributed by atoms with Crippen LogP contribution in [0.3, 0.4) is 0 Å². The van der Waals surface area contributed by atoms with Gasteiger partial charge in [0.1, 0.15) is 5.82 Å². The van der Waals surface area contributed by atoms with Crippen molar-refractivity contribution in [3.05, 3.63) is 36.0 Å². The number of anilines is 4. The monoisotopic (exact) mass is 380 g/mol. The van der Waals surface area contributed by atoms with Gasteiger partial charge in [0.25, 0.3) is 0 Å². The standard InChI is InChI=1S/C22H32N6/c1-17-5-4-10-28(16-17)21-15-18(2)23-22(25-21)24-19-6-8-20(9-7-19)27-13-11-26(3)12-14-27/h6-9,15,17H,4-5,10-14,16H2,1-3H3,(H,23,24,25). The molecule has 2 fully saturated rings. The van der Waals surface area contributed by atoms with Gasteiger partial charge in [0.2, 0.25) is 5.95 Å². The second-order valence-electron chi connectivity index (χ2n) is 8.35. The number of hydrogen-bond acceptors (Lipinski definition) is 6. The molecule has 0 radical (unpaired) electrons. The molecule has 150 valence electrons. The van der Waals surface area contributed by atoms with Crippen molar-refractivity contribution < 1.29 is 0 Å². The van der Waals surface area contributed by atoms with Gasteiger partial charge >= 0.3 is 0 Å². The van der Waals surface area contributed by atoms with Crippen LogP contribution in [-0.2, 0) is 0 Å². The van der Waals surface area contributed by atoms with Gasteiger partial charge in [-0.05, 0) is 57.0 Å². The fourth-order valence-electron chi connectivity index (χ4n) is 4.12. The first-order valence-corrected chi connectivity index (χ1v) is 10.5. The average Bonchev–Trinajstić information content (AvgIpc) is 2.69. The van der Waals surface area contributed by atoms with Crippen molar-refractivity contribution in [2.75, 3.05) is 61.4 Å². The molecule has 1 atom stereocenters. The first-order chi connectivity index (χ1) is 13.6. The van der Waals surface area contributed by atoms with E-state index in [2.05, 4.69) is 69.3 Å². The van der Waals surface area contributed by atoms with Crippen LogP contribution in [0.5, 0.6) is 0 Å². The van der Waals surface area contributed by atoms with E-state index in [0.717, 1.165) is 62.4 Å². The molecular formula is C22H32N6. The van der Waals surface area contributed by atoms with E-state index in [4.69, 9.17) is 4.98 Å². The van der Waals surface area contributed by atoms with Crippen LogP contribution < -0.4 is 15.1 Å². The zero-order chi connectivity index (χ0) is 19.5. The summed E-state index contributed by atoms with van der Waals surface area (Å²) in [5.74, 6) is 2.44. The summed E-state index contributed by atoms with van der Waals surface area (Å²) in [7, 11) is 2.19. The number of likely N-dealkylation sites (N-methyl/N-ethyl adjacent to an activating group) is 1. The van der Waals surface area contributed by atoms with E-state index in [1.165, 1.54) is 18.5 Å². The summed E-state index contributed by atoms with van der Waals surface area (Å²) in [6.45, 7) is 10.9. The van der Waals surface area contributed by atoms with Crippen molar-refractivity contribution in [1.82, 2.24) is 14.9 Å². The van der Waals surface area contributed by atoms with Crippen LogP contribution in [-0.4, -0.2) is 61.2 Å². The fourth-order valence-corrected chi connectivity index (χ4v) is 4.12. The van der Waals surface area contributed by atoms with Crippen LogP contribution in [0.2, 0.25) is 0 Å². The third kappa shape index (κ3) is 4.55. The van der Waals surface area contributed by atoms with Crippen LogP contribution in [0.1, 0.15) is 25.5 Å². The lowest BCUT2D eigenvalue weighted by Crippen LogP contribution is -2.44. The highest BCUT2D eigenvalue weighted by atomic mass is 15.3. The van der Waals surface area contributed by atoms with Crippen molar-refractivity contribution in [1.29, 1.82) is 0 Å². The summed E-state index contributed by atoms with van der Waals surface area (Å²) in [4.78, 5) is 16.6. The summed E-state index contributed by atoms with van der Waals surface area (Å²) in [6.07, 6.45) is 2.55. The number of rotatable bonds is 4. The number of aryl methyl sites for hydroxylation is 1. The SMILES string of the molecule is Cc1cc(N2CCCC(C)C2)nc(Nc2ccc(N3CCN(C)CC3)cc2)n1. The zero-order valence-electron chi connectivity index (χ0n) is 17.4. The molecule has 0 amide bonds. The summed E-state index contributed by atoms with van der Waals surface area (Å²) >= 11 is 0. The number of benzene rings is 1. The first kappa shape index (κ1) is 19.0. The van der Waals surface area contributed by atoms with Gasteiger partial charge in [-0.1, -0.05) is 6.92 Å². The third-order valence-corrected chi connectivity index (χ3v) is 5.81. The van der Waals surface area contributed by atoms with E-state index in [1.54, 1.807) is 0 Å². The maximum absolute atomic E-state index is 4.80. The van der Waals surface area contributed by atoms with Crippen molar-refractivity contribution in [2.45, 2.75) is 26.7 Å². The summed E-state index contributed by atoms with van der Waals surface area (Å²) in [5, 5.41) is 3.40. The van der Waals surface area contributed by atoms with Crippen LogP contribution >= 0.6 is 0 Å². The highest BCUT2D eigenvalue weighted by Crippen LogP contribution is 2.25. The molecule has 1 N–H and O–H groups in total. The number of nitrogens with zero attached hydrogens (tertiary/aromatic N) is 5. The molecule has 28 heavy (non-hydrogen) atoms. The largest absolute Gasteiger partial charge is 0.369 e. The number of nitrogens with one attached hydrogen (secondary N) is 1. The van der Waals surface area contributed by atoms with Gasteiger partial charge in [-0.2, -0.15) is 4.98 Å². The Morgan fingerprint density at radius 3 is 2.43 bits per heavy atom. The van der Waals surface area contributed by atoms with Gasteiger partial charge in [0.15, 0.2) is 0 Å². The Labute approximate surface area is 168 Å². The molecule has 2 aliphatic heterocycles. The lowest BCUT2D eigenvalue weighted by Gasteiger charge is -2.34. The maximum atomic E-state index is 4.80. The summed E-state index contributed by atoms with van der Waals surface area (Å²) in [6, 6.07) is 10.7. The number of hydrogen-bond donors (Lipinski definition) is 1. The topological polar surface area (TPSA) is 47.5 Å². The minimum atomic E-state index is 0.681. The Bertz CT molecular complexity index is 782. The van der Waals surface area contributed by atoms with Gasteiger partial charge in [0.05, 0.1) is 0 Å². The van der Waals surface area contributed by atoms with E-state index in [1.807, 2.05) is 6.92 Å². The van der Waals surface area contributed by atoms with E-state index in [9.17, 15) is 0 Å². The molecule has 6 nitrogen and oxygen atoms in total. The van der Waals surface area contributed by atoms with Crippen molar-refractivity contribution in [2.24, 2.45) is 5.92 Å². The van der Waals surface area contributed by atoms with Crippen LogP contribution in [0.4, 0.5) is 23.1 Å². The molecule has 1 aromatic carbocycles. The quantitative estimate of drug-likeness (QED) is 0.876. The number of aromatic nitrogens is 2. The van der Waals surface area contributed by atoms with Crippen LogP contribution in [0.15, 0.2) is 30.3 Å². The van der Waals surface area contributed by atoms with Gasteiger partial charge in [0, 0.05) is 62.4 Å². The number of piperidine rings is 1. The molecule has 6 heteroatoms. The lowest BCUT2D eigenvalue weighted by atomic mass is 10.0. The average molecular weight is 381 g/mol. The molecule has 0 bridgehead atoms. The van der Waals surface area contributed by atoms with Crippen LogP contribution in [0, 0.1) is 12.8 Å². The Balaban J connectivity index is 1.45. The minimum Gasteiger partial charge on any atom is -0.369 e. The number of piperazine rings is 1. The van der Waals surface area contributed by atoms with Gasteiger partial charge in [-0.15, -0.1) is 0 Å². The minimum absolute atomic E-state index is 0.681. The normalized spacial score (nSPS) is 21.0. The highest BCUT2D eigenvalue weighted by molar-refractivity contribution is 5.60. The van der Waals surface area contributed by atoms with Crippen molar-refractivity contribution in [3.8, 4) is 0 Å². The van der Waals surface area contributed by atoms with Crippen LogP contribution in [0.25, 0.3) is 0 Å². The molecule has 4 rings (SSSR count). The zero-order valence-corrected chi connectivity index (χ0v) is 17.4. The lowest BCUT2D eigenvalue weighted by molar-refractivity contribution is 0.313. The first-order valence-electron chi connectivity index (χ1n) is 10.5. The molecule has 0 saturated carbocycles. The molecule has 2 aliphatic rings. The van der Waals surface area contributed by atoms with Crippen molar-refractivity contribution >= 4 is 23.1 Å². The van der Waals surface area contributed by atoms with E-state index >= 15 is 0 Å². The van der Waals surface area contributed by atoms with E-state index in [-0.39, 0.29) is 0 Å². The molecular weight excluding hydrogens is 348 g/mol. The molecule has 0 spiro atoms. The molecule has 1 aromatic heterocycles. The van der Waals surface area contributed by atoms with Gasteiger partial charge in [-0.3, -0.25) is 0 Å². The Morgan fingerprint density at radius 2 is 1.71 bits per heavy atom. The molecule has 2 aromatic rings. The predicted octanol–water partition coefficient (Wildman–Crippen LogP) is 3.52. The summed E-state index contributed by atoms with van der Waals surface area (Å²) < 4.78 is 0. The fraction of sp³-hybridized carbons (Fsp3) is 0.545. The van der Waals surface area contributed by atoms with E-state index in [0.29, 0.717) is 5.95 Å². The highest BCUT2D eigenvalue weighted by Gasteiger charge is 2.19. The van der Waals surface area contributed by atoms with Gasteiger partial charge < -0.3 is 20.0 Å². The Hall–Kier alpha value is -2.34. The Kier molecular flexibility index (Phi) is 5.67. The second kappa shape index (κ2) is 8.35. The second-order valence-corrected chi connectivity index (χ2v) is 8.35. The molecule has 2 saturated heterocycles. The van der Waals surface area contributed by atoms with E-state index < -0.39 is 0 Å².